The second kappa shape index (κ2) is 5.72. The summed E-state index contributed by atoms with van der Waals surface area (Å²) >= 11 is 0. The Morgan fingerprint density at radius 1 is 1.36 bits per heavy atom. The molecule has 0 aromatic heterocycles. The van der Waals surface area contributed by atoms with Crippen molar-refractivity contribution in [3.05, 3.63) is 0 Å². The smallest absolute Gasteiger partial charge is 0.0448 e. The molecule has 0 radical (unpaired) electrons. The largest absolute Gasteiger partial charge is 0.396 e. The highest BCUT2D eigenvalue weighted by Gasteiger charge is 2.30. The van der Waals surface area contributed by atoms with Crippen LogP contribution >= 0.6 is 0 Å². The number of hydrogen-bond acceptors (Lipinski definition) is 2. The topological polar surface area (TPSA) is 32.3 Å². The Hall–Kier alpha value is -0.0800. The fourth-order valence-corrected chi connectivity index (χ4v) is 2.69. The van der Waals surface area contributed by atoms with Crippen molar-refractivity contribution in [2.45, 2.75) is 57.9 Å². The van der Waals surface area contributed by atoms with E-state index >= 15 is 0 Å². The Morgan fingerprint density at radius 3 is 2.79 bits per heavy atom. The maximum atomic E-state index is 9.13. The van der Waals surface area contributed by atoms with Crippen LogP contribution in [0.1, 0.15) is 52.4 Å². The first kappa shape index (κ1) is 12.0. The van der Waals surface area contributed by atoms with Crippen LogP contribution in [0.5, 0.6) is 0 Å². The molecule has 0 bridgehead atoms. The molecule has 0 aromatic rings. The third-order valence-electron chi connectivity index (χ3n) is 3.61. The highest BCUT2D eigenvalue weighted by Crippen LogP contribution is 2.32. The van der Waals surface area contributed by atoms with Crippen LogP contribution in [-0.2, 0) is 0 Å². The first-order valence-corrected chi connectivity index (χ1v) is 6.08. The third-order valence-corrected chi connectivity index (χ3v) is 3.61. The maximum Gasteiger partial charge on any atom is 0.0448 e. The molecule has 1 aliphatic carbocycles. The van der Waals surface area contributed by atoms with Gasteiger partial charge in [-0.1, -0.05) is 26.7 Å². The molecule has 84 valence electrons. The number of hydrogen-bond donors (Lipinski definition) is 2. The molecule has 1 rings (SSSR count). The van der Waals surface area contributed by atoms with Crippen LogP contribution in [-0.4, -0.2) is 23.8 Å². The van der Waals surface area contributed by atoms with E-state index in [0.717, 1.165) is 18.9 Å². The first-order valence-electron chi connectivity index (χ1n) is 6.08. The quantitative estimate of drug-likeness (QED) is 0.681. The molecule has 1 fully saturated rings. The van der Waals surface area contributed by atoms with Gasteiger partial charge in [-0.25, -0.2) is 0 Å². The molecule has 0 amide bonds. The van der Waals surface area contributed by atoms with Gasteiger partial charge in [0.25, 0.3) is 0 Å². The molecule has 1 aliphatic rings. The fraction of sp³-hybridized carbons (Fsp3) is 1.00. The normalized spacial score (nSPS) is 34.1. The molecule has 0 aliphatic heterocycles. The molecule has 2 unspecified atom stereocenters. The predicted molar refractivity (Wildman–Crippen MR) is 60.4 cm³/mol. The second-order valence-corrected chi connectivity index (χ2v) is 4.82. The van der Waals surface area contributed by atoms with E-state index in [1.807, 2.05) is 0 Å². The maximum absolute atomic E-state index is 9.13. The number of rotatable bonds is 4. The molecule has 0 aromatic carbocycles. The Kier molecular flexibility index (Phi) is 4.90. The van der Waals surface area contributed by atoms with E-state index in [1.54, 1.807) is 0 Å². The lowest BCUT2D eigenvalue weighted by Gasteiger charge is -2.33. The van der Waals surface area contributed by atoms with Crippen molar-refractivity contribution >= 4 is 0 Å². The van der Waals surface area contributed by atoms with Crippen LogP contribution in [0.3, 0.4) is 0 Å². The number of aliphatic hydroxyl groups is 1. The van der Waals surface area contributed by atoms with Gasteiger partial charge in [0.2, 0.25) is 0 Å². The average molecular weight is 199 g/mol. The van der Waals surface area contributed by atoms with Gasteiger partial charge < -0.3 is 10.4 Å². The van der Waals surface area contributed by atoms with Crippen molar-refractivity contribution in [3.63, 3.8) is 0 Å². The summed E-state index contributed by atoms with van der Waals surface area (Å²) in [6.45, 7) is 5.85. The Balaban J connectivity index is 2.55. The van der Waals surface area contributed by atoms with Gasteiger partial charge in [-0.3, -0.25) is 0 Å². The molecule has 0 saturated heterocycles. The van der Waals surface area contributed by atoms with E-state index in [-0.39, 0.29) is 5.54 Å². The molecule has 1 saturated carbocycles. The molecular weight excluding hydrogens is 174 g/mol. The van der Waals surface area contributed by atoms with Crippen molar-refractivity contribution < 1.29 is 5.11 Å². The number of nitrogens with one attached hydrogen (secondary N) is 1. The van der Waals surface area contributed by atoms with Gasteiger partial charge in [0.1, 0.15) is 0 Å². The zero-order valence-corrected chi connectivity index (χ0v) is 9.68. The lowest BCUT2D eigenvalue weighted by atomic mass is 9.86. The van der Waals surface area contributed by atoms with E-state index in [1.165, 1.54) is 32.1 Å². The lowest BCUT2D eigenvalue weighted by Crippen LogP contribution is -2.45. The molecule has 2 N–H and O–H groups in total. The van der Waals surface area contributed by atoms with Gasteiger partial charge in [0.05, 0.1) is 0 Å². The number of aliphatic hydroxyl groups excluding tert-OH is 1. The van der Waals surface area contributed by atoms with Crippen LogP contribution in [0.25, 0.3) is 0 Å². The van der Waals surface area contributed by atoms with E-state index < -0.39 is 0 Å². The van der Waals surface area contributed by atoms with Crippen molar-refractivity contribution in [1.29, 1.82) is 0 Å². The molecule has 2 atom stereocenters. The monoisotopic (exact) mass is 199 g/mol. The third kappa shape index (κ3) is 3.25. The molecule has 2 heteroatoms. The SMILES string of the molecule is CCNC1(CCO)CCCC(C)CC1. The lowest BCUT2D eigenvalue weighted by molar-refractivity contribution is 0.192. The van der Waals surface area contributed by atoms with Crippen LogP contribution in [0.2, 0.25) is 0 Å². The Labute approximate surface area is 88.1 Å². The fourth-order valence-electron chi connectivity index (χ4n) is 2.69. The van der Waals surface area contributed by atoms with E-state index in [4.69, 9.17) is 5.11 Å². The summed E-state index contributed by atoms with van der Waals surface area (Å²) in [5, 5.41) is 12.7. The van der Waals surface area contributed by atoms with Crippen LogP contribution in [0, 0.1) is 5.92 Å². The van der Waals surface area contributed by atoms with E-state index in [0.29, 0.717) is 6.61 Å². The van der Waals surface area contributed by atoms with Crippen LogP contribution in [0.4, 0.5) is 0 Å². The Bertz CT molecular complexity index is 152. The van der Waals surface area contributed by atoms with Gasteiger partial charge in [-0.2, -0.15) is 0 Å². The molecule has 0 spiro atoms. The zero-order chi connectivity index (χ0) is 10.4. The van der Waals surface area contributed by atoms with Crippen molar-refractivity contribution in [2.75, 3.05) is 13.2 Å². The summed E-state index contributed by atoms with van der Waals surface area (Å²) in [4.78, 5) is 0. The van der Waals surface area contributed by atoms with Crippen LogP contribution < -0.4 is 5.32 Å². The van der Waals surface area contributed by atoms with Crippen molar-refractivity contribution in [3.8, 4) is 0 Å². The highest BCUT2D eigenvalue weighted by atomic mass is 16.3. The predicted octanol–water partition coefficient (Wildman–Crippen LogP) is 2.32. The molecular formula is C12H25NO. The summed E-state index contributed by atoms with van der Waals surface area (Å²) in [5.41, 5.74) is 0.244. The summed E-state index contributed by atoms with van der Waals surface area (Å²) in [5.74, 6) is 0.870. The summed E-state index contributed by atoms with van der Waals surface area (Å²) in [6, 6.07) is 0. The summed E-state index contributed by atoms with van der Waals surface area (Å²) < 4.78 is 0. The van der Waals surface area contributed by atoms with Crippen LogP contribution in [0.15, 0.2) is 0 Å². The van der Waals surface area contributed by atoms with Gasteiger partial charge >= 0.3 is 0 Å². The first-order chi connectivity index (χ1) is 6.72. The summed E-state index contributed by atoms with van der Waals surface area (Å²) in [6.07, 6.45) is 7.39. The zero-order valence-electron chi connectivity index (χ0n) is 9.68. The standard InChI is InChI=1S/C12H25NO/c1-3-13-12(9-10-14)7-4-5-11(2)6-8-12/h11,13-14H,3-10H2,1-2H3. The minimum absolute atomic E-state index is 0.244. The molecule has 14 heavy (non-hydrogen) atoms. The van der Waals surface area contributed by atoms with Gasteiger partial charge in [-0.05, 0) is 38.1 Å². The van der Waals surface area contributed by atoms with Crippen molar-refractivity contribution in [1.82, 2.24) is 5.32 Å². The van der Waals surface area contributed by atoms with Gasteiger partial charge in [0.15, 0.2) is 0 Å². The minimum atomic E-state index is 0.244. The van der Waals surface area contributed by atoms with E-state index in [9.17, 15) is 0 Å². The average Bonchev–Trinajstić information content (AvgIpc) is 2.31. The molecule has 0 heterocycles. The Morgan fingerprint density at radius 2 is 2.14 bits per heavy atom. The highest BCUT2D eigenvalue weighted by molar-refractivity contribution is 4.90. The molecule has 2 nitrogen and oxygen atoms in total. The van der Waals surface area contributed by atoms with E-state index in [2.05, 4.69) is 19.2 Å². The van der Waals surface area contributed by atoms with Gasteiger partial charge in [0, 0.05) is 12.1 Å². The van der Waals surface area contributed by atoms with Gasteiger partial charge in [-0.15, -0.1) is 0 Å². The van der Waals surface area contributed by atoms with Crippen molar-refractivity contribution in [2.24, 2.45) is 5.92 Å². The summed E-state index contributed by atoms with van der Waals surface area (Å²) in [7, 11) is 0. The minimum Gasteiger partial charge on any atom is -0.396 e. The second-order valence-electron chi connectivity index (χ2n) is 4.82.